The van der Waals surface area contributed by atoms with Crippen LogP contribution in [-0.4, -0.2) is 26.8 Å². The Morgan fingerprint density at radius 2 is 1.72 bits per heavy atom. The fraction of sp³-hybridized carbons (Fsp3) is 0.625. The van der Waals surface area contributed by atoms with Gasteiger partial charge < -0.3 is 10.1 Å². The number of nitrogens with one attached hydrogen (secondary N) is 1. The Bertz CT molecular complexity index is 329. The summed E-state index contributed by atoms with van der Waals surface area (Å²) in [5.41, 5.74) is 3.11. The van der Waals surface area contributed by atoms with E-state index in [0.29, 0.717) is 0 Å². The van der Waals surface area contributed by atoms with Crippen LogP contribution in [0.5, 0.6) is 0 Å². The molecule has 0 saturated heterocycles. The lowest BCUT2D eigenvalue weighted by Crippen LogP contribution is -2.33. The zero-order chi connectivity index (χ0) is 13.4. The fourth-order valence-corrected chi connectivity index (χ4v) is 2.11. The number of hydrogen-bond acceptors (Lipinski definition) is 2. The molecule has 0 aliphatic rings. The van der Waals surface area contributed by atoms with Crippen LogP contribution in [0.25, 0.3) is 0 Å². The zero-order valence-corrected chi connectivity index (χ0v) is 12.3. The number of hydrogen-bond donors (Lipinski definition) is 1. The van der Waals surface area contributed by atoms with Gasteiger partial charge in [0, 0.05) is 20.2 Å². The maximum Gasteiger partial charge on any atom is 0.0587 e. The van der Waals surface area contributed by atoms with Gasteiger partial charge >= 0.3 is 0 Å². The summed E-state index contributed by atoms with van der Waals surface area (Å²) in [5, 5.41) is 3.44. The highest BCUT2D eigenvalue weighted by molar-refractivity contribution is 5.23. The highest BCUT2D eigenvalue weighted by Crippen LogP contribution is 2.21. The first-order chi connectivity index (χ1) is 8.57. The van der Waals surface area contributed by atoms with Crippen LogP contribution in [0.4, 0.5) is 0 Å². The Labute approximate surface area is 112 Å². The Hall–Kier alpha value is -0.860. The molecule has 2 nitrogen and oxygen atoms in total. The standard InChI is InChI=1S/C16H27NO/c1-5-14-6-8-15(9-7-14)12-16(2,3)13-17-10-11-18-4/h6-9,17H,5,10-13H2,1-4H3. The second-order valence-electron chi connectivity index (χ2n) is 5.68. The molecule has 0 aliphatic heterocycles. The van der Waals surface area contributed by atoms with Gasteiger partial charge in [0.1, 0.15) is 0 Å². The van der Waals surface area contributed by atoms with Crippen molar-refractivity contribution in [3.63, 3.8) is 0 Å². The summed E-state index contributed by atoms with van der Waals surface area (Å²) in [6, 6.07) is 9.00. The molecule has 1 N–H and O–H groups in total. The third kappa shape index (κ3) is 5.65. The molecule has 1 aromatic rings. The molecule has 1 rings (SSSR count). The molecule has 0 amide bonds. The molecule has 0 aromatic heterocycles. The van der Waals surface area contributed by atoms with Crippen LogP contribution in [0.3, 0.4) is 0 Å². The maximum atomic E-state index is 5.04. The smallest absolute Gasteiger partial charge is 0.0587 e. The molecule has 1 aromatic carbocycles. The average Bonchev–Trinajstić information content (AvgIpc) is 2.35. The van der Waals surface area contributed by atoms with Crippen LogP contribution in [-0.2, 0) is 17.6 Å². The second kappa shape index (κ2) is 7.55. The molecule has 0 radical (unpaired) electrons. The van der Waals surface area contributed by atoms with Crippen LogP contribution in [0.15, 0.2) is 24.3 Å². The van der Waals surface area contributed by atoms with Gasteiger partial charge in [-0.2, -0.15) is 0 Å². The summed E-state index contributed by atoms with van der Waals surface area (Å²) in [7, 11) is 1.74. The summed E-state index contributed by atoms with van der Waals surface area (Å²) < 4.78 is 5.04. The predicted molar refractivity (Wildman–Crippen MR) is 78.1 cm³/mol. The number of ether oxygens (including phenoxy) is 1. The van der Waals surface area contributed by atoms with E-state index in [1.807, 2.05) is 0 Å². The third-order valence-electron chi connectivity index (χ3n) is 3.20. The van der Waals surface area contributed by atoms with Gasteiger partial charge in [-0.3, -0.25) is 0 Å². The minimum Gasteiger partial charge on any atom is -0.383 e. The van der Waals surface area contributed by atoms with Gasteiger partial charge in [0.25, 0.3) is 0 Å². The van der Waals surface area contributed by atoms with Crippen molar-refractivity contribution >= 4 is 0 Å². The Kier molecular flexibility index (Phi) is 6.37. The summed E-state index contributed by atoms with van der Waals surface area (Å²) >= 11 is 0. The predicted octanol–water partition coefficient (Wildman–Crippen LogP) is 3.05. The van der Waals surface area contributed by atoms with E-state index in [4.69, 9.17) is 4.74 Å². The van der Waals surface area contributed by atoms with Crippen molar-refractivity contribution in [2.75, 3.05) is 26.8 Å². The molecule has 0 unspecified atom stereocenters. The largest absolute Gasteiger partial charge is 0.383 e. The lowest BCUT2D eigenvalue weighted by molar-refractivity contribution is 0.194. The van der Waals surface area contributed by atoms with E-state index in [1.165, 1.54) is 11.1 Å². The molecule has 0 saturated carbocycles. The van der Waals surface area contributed by atoms with Crippen molar-refractivity contribution in [2.24, 2.45) is 5.41 Å². The summed E-state index contributed by atoms with van der Waals surface area (Å²) in [6.07, 6.45) is 2.22. The van der Waals surface area contributed by atoms with E-state index in [1.54, 1.807) is 7.11 Å². The minimum absolute atomic E-state index is 0.279. The molecule has 0 spiro atoms. The van der Waals surface area contributed by atoms with E-state index in [9.17, 15) is 0 Å². The maximum absolute atomic E-state index is 5.04. The van der Waals surface area contributed by atoms with Gasteiger partial charge in [0.05, 0.1) is 6.61 Å². The third-order valence-corrected chi connectivity index (χ3v) is 3.20. The van der Waals surface area contributed by atoms with Gasteiger partial charge in [-0.15, -0.1) is 0 Å². The normalized spacial score (nSPS) is 11.8. The number of aryl methyl sites for hydroxylation is 1. The Morgan fingerprint density at radius 1 is 1.11 bits per heavy atom. The first-order valence-corrected chi connectivity index (χ1v) is 6.85. The summed E-state index contributed by atoms with van der Waals surface area (Å²) in [5.74, 6) is 0. The molecule has 0 aliphatic carbocycles. The van der Waals surface area contributed by atoms with Crippen LogP contribution >= 0.6 is 0 Å². The van der Waals surface area contributed by atoms with Gasteiger partial charge in [0.2, 0.25) is 0 Å². The van der Waals surface area contributed by atoms with Crippen LogP contribution < -0.4 is 5.32 Å². The number of rotatable bonds is 8. The lowest BCUT2D eigenvalue weighted by Gasteiger charge is -2.25. The molecule has 0 atom stereocenters. The van der Waals surface area contributed by atoms with E-state index in [0.717, 1.165) is 32.5 Å². The van der Waals surface area contributed by atoms with Crippen molar-refractivity contribution in [2.45, 2.75) is 33.6 Å². The zero-order valence-electron chi connectivity index (χ0n) is 12.3. The van der Waals surface area contributed by atoms with E-state index in [2.05, 4.69) is 50.4 Å². The van der Waals surface area contributed by atoms with Crippen LogP contribution in [0.1, 0.15) is 31.9 Å². The number of benzene rings is 1. The molecule has 0 heterocycles. The van der Waals surface area contributed by atoms with E-state index < -0.39 is 0 Å². The van der Waals surface area contributed by atoms with Gasteiger partial charge in [0.15, 0.2) is 0 Å². The molecular formula is C16H27NO. The van der Waals surface area contributed by atoms with Crippen LogP contribution in [0, 0.1) is 5.41 Å². The quantitative estimate of drug-likeness (QED) is 0.715. The molecule has 102 valence electrons. The first kappa shape index (κ1) is 15.2. The SMILES string of the molecule is CCc1ccc(CC(C)(C)CNCCOC)cc1. The monoisotopic (exact) mass is 249 g/mol. The minimum atomic E-state index is 0.279. The molecule has 0 bridgehead atoms. The van der Waals surface area contributed by atoms with E-state index in [-0.39, 0.29) is 5.41 Å². The topological polar surface area (TPSA) is 21.3 Å². The Balaban J connectivity index is 2.42. The van der Waals surface area contributed by atoms with Gasteiger partial charge in [-0.05, 0) is 29.4 Å². The second-order valence-corrected chi connectivity index (χ2v) is 5.68. The van der Waals surface area contributed by atoms with Crippen molar-refractivity contribution in [1.82, 2.24) is 5.32 Å². The summed E-state index contributed by atoms with van der Waals surface area (Å²) in [6.45, 7) is 9.53. The van der Waals surface area contributed by atoms with E-state index >= 15 is 0 Å². The molecule has 18 heavy (non-hydrogen) atoms. The number of methoxy groups -OCH3 is 1. The summed E-state index contributed by atoms with van der Waals surface area (Å²) in [4.78, 5) is 0. The van der Waals surface area contributed by atoms with Crippen LogP contribution in [0.2, 0.25) is 0 Å². The molecule has 2 heteroatoms. The van der Waals surface area contributed by atoms with Gasteiger partial charge in [-0.25, -0.2) is 0 Å². The lowest BCUT2D eigenvalue weighted by atomic mass is 9.85. The average molecular weight is 249 g/mol. The fourth-order valence-electron chi connectivity index (χ4n) is 2.11. The van der Waals surface area contributed by atoms with Crippen molar-refractivity contribution in [1.29, 1.82) is 0 Å². The highest BCUT2D eigenvalue weighted by atomic mass is 16.5. The first-order valence-electron chi connectivity index (χ1n) is 6.85. The van der Waals surface area contributed by atoms with Crippen molar-refractivity contribution in [3.8, 4) is 0 Å². The molecular weight excluding hydrogens is 222 g/mol. The molecule has 0 fully saturated rings. The Morgan fingerprint density at radius 3 is 2.28 bits per heavy atom. The van der Waals surface area contributed by atoms with Crippen molar-refractivity contribution < 1.29 is 4.74 Å². The van der Waals surface area contributed by atoms with Gasteiger partial charge in [-0.1, -0.05) is 45.0 Å². The van der Waals surface area contributed by atoms with Crippen molar-refractivity contribution in [3.05, 3.63) is 35.4 Å². The highest BCUT2D eigenvalue weighted by Gasteiger charge is 2.17.